The zero-order valence-electron chi connectivity index (χ0n) is 10.3. The quantitative estimate of drug-likeness (QED) is 0.798. The summed E-state index contributed by atoms with van der Waals surface area (Å²) in [5.41, 5.74) is 7.90. The second kappa shape index (κ2) is 4.40. The summed E-state index contributed by atoms with van der Waals surface area (Å²) in [6.45, 7) is 1.93. The normalized spacial score (nSPS) is 28.7. The highest BCUT2D eigenvalue weighted by Gasteiger charge is 2.49. The summed E-state index contributed by atoms with van der Waals surface area (Å²) in [5.74, 6) is 0.371. The zero-order chi connectivity index (χ0) is 13.8. The van der Waals surface area contributed by atoms with Crippen molar-refractivity contribution >= 4 is 44.1 Å². The van der Waals surface area contributed by atoms with Gasteiger partial charge in [0.05, 0.1) is 16.8 Å². The predicted molar refractivity (Wildman–Crippen MR) is 79.1 cm³/mol. The molecule has 1 fully saturated rings. The summed E-state index contributed by atoms with van der Waals surface area (Å²) >= 11 is 7.59. The zero-order valence-corrected chi connectivity index (χ0v) is 12.7. The summed E-state index contributed by atoms with van der Waals surface area (Å²) in [7, 11) is -2.95. The van der Waals surface area contributed by atoms with Crippen molar-refractivity contribution in [2.24, 2.45) is 5.73 Å². The minimum Gasteiger partial charge on any atom is -0.281 e. The summed E-state index contributed by atoms with van der Waals surface area (Å²) in [6, 6.07) is 5.63. The Hall–Kier alpha value is -0.720. The van der Waals surface area contributed by atoms with Gasteiger partial charge in [0.2, 0.25) is 0 Å². The second-order valence-electron chi connectivity index (χ2n) is 4.94. The van der Waals surface area contributed by atoms with E-state index in [4.69, 9.17) is 17.3 Å². The number of nitrogens with two attached hydrogens (primary N) is 1. The Labute approximate surface area is 121 Å². The van der Waals surface area contributed by atoms with Gasteiger partial charge in [0.25, 0.3) is 0 Å². The maximum Gasteiger partial charge on any atom is 0.310 e. The molecular weight excluding hydrogens is 304 g/mol. The molecule has 0 saturated carbocycles. The van der Waals surface area contributed by atoms with Gasteiger partial charge in [-0.25, -0.2) is 13.0 Å². The predicted octanol–water partition coefficient (Wildman–Crippen LogP) is 1.52. The Kier molecular flexibility index (Phi) is 3.07. The molecule has 0 radical (unpaired) electrons. The van der Waals surface area contributed by atoms with E-state index in [2.05, 4.69) is 0 Å². The molecule has 0 spiro atoms. The lowest BCUT2D eigenvalue weighted by atomic mass is 10.2. The monoisotopic (exact) mass is 317 g/mol. The van der Waals surface area contributed by atoms with Crippen LogP contribution in [0.3, 0.4) is 0 Å². The van der Waals surface area contributed by atoms with Crippen molar-refractivity contribution in [1.29, 1.82) is 0 Å². The number of thioether (sulfide) groups is 1. The first-order valence-electron chi connectivity index (χ1n) is 5.92. The van der Waals surface area contributed by atoms with Crippen LogP contribution in [0, 0.1) is 6.92 Å². The Balaban J connectivity index is 2.04. The summed E-state index contributed by atoms with van der Waals surface area (Å²) in [5, 5.41) is 1.36. The number of sulfone groups is 1. The minimum atomic E-state index is -2.95. The van der Waals surface area contributed by atoms with Crippen LogP contribution in [0.1, 0.15) is 5.56 Å². The van der Waals surface area contributed by atoms with Gasteiger partial charge in [0.1, 0.15) is 11.7 Å². The van der Waals surface area contributed by atoms with Crippen molar-refractivity contribution in [2.45, 2.75) is 18.2 Å². The van der Waals surface area contributed by atoms with Crippen LogP contribution < -0.4 is 5.73 Å². The molecule has 2 aliphatic rings. The van der Waals surface area contributed by atoms with Crippen molar-refractivity contribution in [3.05, 3.63) is 28.8 Å². The number of hydrogen-bond acceptors (Lipinski definition) is 4. The van der Waals surface area contributed by atoms with Crippen molar-refractivity contribution in [2.75, 3.05) is 11.5 Å². The van der Waals surface area contributed by atoms with Crippen LogP contribution in [0.4, 0.5) is 5.69 Å². The highest BCUT2D eigenvalue weighted by atomic mass is 35.5. The lowest BCUT2D eigenvalue weighted by Gasteiger charge is -2.11. The fraction of sp³-hybridized carbons (Fsp3) is 0.417. The van der Waals surface area contributed by atoms with Gasteiger partial charge in [-0.15, -0.1) is 0 Å². The van der Waals surface area contributed by atoms with Gasteiger partial charge in [0.15, 0.2) is 9.84 Å². The molecule has 2 aliphatic heterocycles. The molecule has 0 bridgehead atoms. The molecule has 4 nitrogen and oxygen atoms in total. The molecule has 0 amide bonds. The van der Waals surface area contributed by atoms with E-state index in [0.29, 0.717) is 10.2 Å². The first-order chi connectivity index (χ1) is 8.87. The van der Waals surface area contributed by atoms with Crippen molar-refractivity contribution in [3.8, 4) is 0 Å². The average molecular weight is 318 g/mol. The third kappa shape index (κ3) is 2.26. The van der Waals surface area contributed by atoms with E-state index in [9.17, 15) is 8.42 Å². The third-order valence-electron chi connectivity index (χ3n) is 3.55. The van der Waals surface area contributed by atoms with E-state index in [-0.39, 0.29) is 22.8 Å². The van der Waals surface area contributed by atoms with Gasteiger partial charge < -0.3 is 0 Å². The summed E-state index contributed by atoms with van der Waals surface area (Å²) < 4.78 is 25.4. The van der Waals surface area contributed by atoms with Gasteiger partial charge in [-0.05, 0) is 30.3 Å². The largest absolute Gasteiger partial charge is 0.310 e. The van der Waals surface area contributed by atoms with Crippen molar-refractivity contribution in [3.63, 3.8) is 0 Å². The van der Waals surface area contributed by atoms with Crippen LogP contribution in [0.25, 0.3) is 0 Å². The number of nitrogens with zero attached hydrogens (tertiary/aromatic N) is 1. The number of aryl methyl sites for hydroxylation is 1. The molecule has 2 atom stereocenters. The van der Waals surface area contributed by atoms with E-state index in [1.807, 2.05) is 29.7 Å². The number of halogens is 1. The van der Waals surface area contributed by atoms with Gasteiger partial charge in [-0.1, -0.05) is 17.7 Å². The van der Waals surface area contributed by atoms with Crippen LogP contribution in [0.5, 0.6) is 0 Å². The number of fused-ring (bicyclic) bond motifs is 1. The van der Waals surface area contributed by atoms with Crippen LogP contribution >= 0.6 is 23.4 Å². The molecule has 2 heterocycles. The highest BCUT2D eigenvalue weighted by molar-refractivity contribution is 8.15. The summed E-state index contributed by atoms with van der Waals surface area (Å²) in [4.78, 5) is 0. The van der Waals surface area contributed by atoms with E-state index in [1.165, 1.54) is 11.8 Å². The van der Waals surface area contributed by atoms with E-state index >= 15 is 0 Å². The molecule has 1 aromatic carbocycles. The number of benzene rings is 1. The molecule has 1 saturated heterocycles. The molecule has 1 aromatic rings. The van der Waals surface area contributed by atoms with Crippen LogP contribution in [0.2, 0.25) is 5.02 Å². The fourth-order valence-electron chi connectivity index (χ4n) is 2.58. The molecule has 0 aromatic heterocycles. The fourth-order valence-corrected chi connectivity index (χ4v) is 6.57. The van der Waals surface area contributed by atoms with Crippen LogP contribution in [0.15, 0.2) is 18.2 Å². The highest BCUT2D eigenvalue weighted by Crippen LogP contribution is 2.37. The molecule has 2 unspecified atom stereocenters. The van der Waals surface area contributed by atoms with Gasteiger partial charge in [-0.2, -0.15) is 0 Å². The second-order valence-corrected chi connectivity index (χ2v) is 8.76. The Bertz CT molecular complexity index is 685. The lowest BCUT2D eigenvalue weighted by molar-refractivity contribution is -0.470. The lowest BCUT2D eigenvalue weighted by Crippen LogP contribution is -2.29. The maximum absolute atomic E-state index is 11.7. The standard InChI is InChI=1S/C12H13ClN2O2S2/c1-7-2-3-8(4-9(7)13)15-10-5-19(16,17)6-11(10)18-12(15)14/h2-4,10-11,14H,5-6H2,1H3/p+1. The van der Waals surface area contributed by atoms with Crippen LogP contribution in [-0.2, 0) is 9.84 Å². The van der Waals surface area contributed by atoms with Crippen molar-refractivity contribution in [1.82, 2.24) is 0 Å². The SMILES string of the molecule is Cc1ccc([N+]2=C(N)SC3CS(=O)(=O)CC32)cc1Cl. The minimum absolute atomic E-state index is 0.0325. The molecule has 3 rings (SSSR count). The van der Waals surface area contributed by atoms with Crippen LogP contribution in [-0.4, -0.2) is 41.0 Å². The first kappa shape index (κ1) is 13.3. The van der Waals surface area contributed by atoms with Crippen molar-refractivity contribution < 1.29 is 13.0 Å². The first-order valence-corrected chi connectivity index (χ1v) is 9.00. The molecular formula is C12H14ClN2O2S2+. The molecule has 19 heavy (non-hydrogen) atoms. The van der Waals surface area contributed by atoms with Gasteiger partial charge in [0, 0.05) is 11.1 Å². The molecule has 102 valence electrons. The molecule has 7 heteroatoms. The summed E-state index contributed by atoms with van der Waals surface area (Å²) in [6.07, 6.45) is 0. The van der Waals surface area contributed by atoms with E-state index in [1.54, 1.807) is 0 Å². The van der Waals surface area contributed by atoms with Gasteiger partial charge >= 0.3 is 5.17 Å². The van der Waals surface area contributed by atoms with E-state index in [0.717, 1.165) is 11.3 Å². The average Bonchev–Trinajstić information content (AvgIpc) is 2.73. The number of hydrogen-bond donors (Lipinski definition) is 1. The number of amidine groups is 1. The van der Waals surface area contributed by atoms with E-state index < -0.39 is 9.84 Å². The Morgan fingerprint density at radius 2 is 2.16 bits per heavy atom. The topological polar surface area (TPSA) is 63.2 Å². The van der Waals surface area contributed by atoms with Gasteiger partial charge in [-0.3, -0.25) is 5.73 Å². The third-order valence-corrected chi connectivity index (χ3v) is 7.10. The molecule has 2 N–H and O–H groups in total. The molecule has 0 aliphatic carbocycles. The Morgan fingerprint density at radius 1 is 1.42 bits per heavy atom. The number of rotatable bonds is 1. The smallest absolute Gasteiger partial charge is 0.281 e. The Morgan fingerprint density at radius 3 is 2.84 bits per heavy atom. The maximum atomic E-state index is 11.7.